The standard InChI is InChI=1S/C56H74F2N10O10/c1-31(35-11-15-41(57)16-12-35)61-53(73)45-27-43(29-67(45)55(75)47(37-19-23-77-24-20-37)65-49(69)33(3)59-5)63-51(71)39-7-9-40(10-8-39)52(72)64-44-28-46(54(74)62-32(2)36-13-17-42(58)18-14-36)68(30-44)56(76)48(38-21-25-78-26-22-38)66-50(70)34(4)60-6/h7-18,31-34,37-38,43-48,59-60H,19-30H2,1-6H3,(H,61,73)(H,62,74)(H,63,71)(H,64,72)(H,65,69)(H,66,70)/t31-,32-,33+,34+,43+,44+,45+,46+,47+,48+/m1/s1. The van der Waals surface area contributed by atoms with Crippen molar-refractivity contribution in [1.29, 1.82) is 0 Å². The average molecular weight is 1090 g/mol. The summed E-state index contributed by atoms with van der Waals surface area (Å²) in [6, 6.07) is 9.30. The number of carbonyl (C=O) groups is 8. The van der Waals surface area contributed by atoms with E-state index in [1.54, 1.807) is 66.1 Å². The van der Waals surface area contributed by atoms with Gasteiger partial charge < -0.3 is 61.8 Å². The highest BCUT2D eigenvalue weighted by atomic mass is 19.1. The number of rotatable bonds is 20. The summed E-state index contributed by atoms with van der Waals surface area (Å²) in [4.78, 5) is 115. The van der Waals surface area contributed by atoms with Crippen LogP contribution >= 0.6 is 0 Å². The minimum atomic E-state index is -1.06. The summed E-state index contributed by atoms with van der Waals surface area (Å²) in [5, 5.41) is 23.4. The molecule has 0 unspecified atom stereocenters. The molecule has 3 aromatic carbocycles. The molecule has 10 atom stereocenters. The van der Waals surface area contributed by atoms with Gasteiger partial charge in [-0.2, -0.15) is 0 Å². The number of hydrogen-bond acceptors (Lipinski definition) is 12. The summed E-state index contributed by atoms with van der Waals surface area (Å²) >= 11 is 0. The molecule has 4 aliphatic heterocycles. The summed E-state index contributed by atoms with van der Waals surface area (Å²) in [7, 11) is 3.26. The highest BCUT2D eigenvalue weighted by Gasteiger charge is 2.47. The smallest absolute Gasteiger partial charge is 0.251 e. The Morgan fingerprint density at radius 1 is 0.500 bits per heavy atom. The second-order valence-corrected chi connectivity index (χ2v) is 20.9. The van der Waals surface area contributed by atoms with Gasteiger partial charge in [-0.3, -0.25) is 38.4 Å². The zero-order valence-corrected chi connectivity index (χ0v) is 45.1. The van der Waals surface area contributed by atoms with Gasteiger partial charge in [-0.05, 0) is 152 Å². The zero-order chi connectivity index (χ0) is 56.2. The van der Waals surface area contributed by atoms with E-state index in [0.717, 1.165) is 0 Å². The molecular weight excluding hydrogens is 1010 g/mol. The van der Waals surface area contributed by atoms with Crippen molar-refractivity contribution in [2.24, 2.45) is 11.8 Å². The number of likely N-dealkylation sites (tertiary alicyclic amines) is 2. The first-order chi connectivity index (χ1) is 37.3. The minimum absolute atomic E-state index is 0.0314. The molecule has 3 aromatic rings. The number of benzene rings is 3. The third kappa shape index (κ3) is 14.8. The molecule has 0 aromatic heterocycles. The topological polar surface area (TPSA) is 258 Å². The predicted molar refractivity (Wildman–Crippen MR) is 283 cm³/mol. The van der Waals surface area contributed by atoms with Crippen molar-refractivity contribution < 1.29 is 56.6 Å². The number of ether oxygens (including phenoxy) is 2. The van der Waals surface area contributed by atoms with E-state index in [-0.39, 0.29) is 48.9 Å². The number of amides is 8. The van der Waals surface area contributed by atoms with E-state index in [1.165, 1.54) is 58.3 Å². The second-order valence-electron chi connectivity index (χ2n) is 20.9. The quantitative estimate of drug-likeness (QED) is 0.0811. The van der Waals surface area contributed by atoms with E-state index in [4.69, 9.17) is 9.47 Å². The molecular formula is C56H74F2N10O10. The van der Waals surface area contributed by atoms with Crippen molar-refractivity contribution in [3.8, 4) is 0 Å². The number of likely N-dealkylation sites (N-methyl/N-ethyl adjacent to an activating group) is 2. The van der Waals surface area contributed by atoms with Gasteiger partial charge in [0.05, 0.1) is 24.2 Å². The second kappa shape index (κ2) is 27.1. The lowest BCUT2D eigenvalue weighted by Crippen LogP contribution is -2.58. The lowest BCUT2D eigenvalue weighted by molar-refractivity contribution is -0.144. The van der Waals surface area contributed by atoms with Crippen LogP contribution in [0.15, 0.2) is 72.8 Å². The SMILES string of the molecule is CN[C@@H](C)C(=O)N[C@H](C(=O)N1C[C@@H](NC(=O)c2ccc(C(=O)N[C@H]3C[C@@H](C(=O)N[C@H](C)c4ccc(F)cc4)N(C(=O)[C@@H](NC(=O)[C@H](C)NC)C4CCOCC4)C3)cc2)C[C@H]1C(=O)N[C@H](C)c1ccc(F)cc1)C1CCOCC1. The van der Waals surface area contributed by atoms with Crippen LogP contribution in [0.1, 0.15) is 110 Å². The van der Waals surface area contributed by atoms with Crippen LogP contribution in [0.2, 0.25) is 0 Å². The molecule has 4 fully saturated rings. The Bertz CT molecular complexity index is 2420. The zero-order valence-electron chi connectivity index (χ0n) is 45.1. The Labute approximate surface area is 453 Å². The maximum Gasteiger partial charge on any atom is 0.251 e. The highest BCUT2D eigenvalue weighted by Crippen LogP contribution is 2.29. The molecule has 8 amide bonds. The number of nitrogens with zero attached hydrogens (tertiary/aromatic N) is 2. The number of hydrogen-bond donors (Lipinski definition) is 8. The highest BCUT2D eigenvalue weighted by molar-refractivity contribution is 5.99. The van der Waals surface area contributed by atoms with Crippen LogP contribution in [0, 0.1) is 23.5 Å². The summed E-state index contributed by atoms with van der Waals surface area (Å²) < 4.78 is 38.7. The van der Waals surface area contributed by atoms with E-state index in [1.807, 2.05) is 0 Å². The maximum absolute atomic E-state index is 14.7. The van der Waals surface area contributed by atoms with E-state index in [2.05, 4.69) is 42.5 Å². The molecule has 4 aliphatic rings. The molecule has 7 rings (SSSR count). The monoisotopic (exact) mass is 1080 g/mol. The van der Waals surface area contributed by atoms with E-state index in [0.29, 0.717) is 63.2 Å². The first-order valence-electron chi connectivity index (χ1n) is 26.9. The lowest BCUT2D eigenvalue weighted by Gasteiger charge is -2.35. The normalized spacial score (nSPS) is 22.2. The van der Waals surface area contributed by atoms with Crippen molar-refractivity contribution in [3.63, 3.8) is 0 Å². The molecule has 22 heteroatoms. The molecule has 20 nitrogen and oxygen atoms in total. The van der Waals surface area contributed by atoms with E-state index in [9.17, 15) is 47.1 Å². The Morgan fingerprint density at radius 3 is 1.15 bits per heavy atom. The summed E-state index contributed by atoms with van der Waals surface area (Å²) in [5.41, 5.74) is 1.62. The summed E-state index contributed by atoms with van der Waals surface area (Å²) in [6.45, 7) is 8.24. The van der Waals surface area contributed by atoms with Crippen LogP contribution in [-0.2, 0) is 38.2 Å². The fourth-order valence-electron chi connectivity index (χ4n) is 10.5. The van der Waals surface area contributed by atoms with E-state index < -0.39 is 119 Å². The third-order valence-electron chi connectivity index (χ3n) is 15.6. The molecule has 0 aliphatic carbocycles. The molecule has 0 spiro atoms. The van der Waals surface area contributed by atoms with Gasteiger partial charge in [0.25, 0.3) is 11.8 Å². The number of halogens is 2. The van der Waals surface area contributed by atoms with Crippen LogP contribution in [0.25, 0.3) is 0 Å². The fraction of sp³-hybridized carbons (Fsp3) is 0.536. The Kier molecular flexibility index (Phi) is 20.5. The van der Waals surface area contributed by atoms with Crippen LogP contribution in [0.3, 0.4) is 0 Å². The Hall–Kier alpha value is -6.88. The molecule has 4 saturated heterocycles. The van der Waals surface area contributed by atoms with Crippen LogP contribution in [-0.4, -0.2) is 159 Å². The molecule has 0 radical (unpaired) electrons. The van der Waals surface area contributed by atoms with Crippen LogP contribution in [0.4, 0.5) is 8.78 Å². The van der Waals surface area contributed by atoms with Crippen LogP contribution in [0.5, 0.6) is 0 Å². The molecule has 0 bridgehead atoms. The van der Waals surface area contributed by atoms with Gasteiger partial charge in [0, 0.05) is 62.7 Å². The van der Waals surface area contributed by atoms with Gasteiger partial charge in [0.1, 0.15) is 35.8 Å². The largest absolute Gasteiger partial charge is 0.381 e. The van der Waals surface area contributed by atoms with Gasteiger partial charge >= 0.3 is 0 Å². The summed E-state index contributed by atoms with van der Waals surface area (Å²) in [5.74, 6) is -5.28. The van der Waals surface area contributed by atoms with Gasteiger partial charge in [-0.1, -0.05) is 24.3 Å². The molecule has 78 heavy (non-hydrogen) atoms. The molecule has 8 N–H and O–H groups in total. The molecule has 0 saturated carbocycles. The Morgan fingerprint density at radius 2 is 0.833 bits per heavy atom. The third-order valence-corrected chi connectivity index (χ3v) is 15.6. The lowest BCUT2D eigenvalue weighted by atomic mass is 9.90. The van der Waals surface area contributed by atoms with Crippen molar-refractivity contribution in [2.45, 2.75) is 127 Å². The molecule has 4 heterocycles. The van der Waals surface area contributed by atoms with Crippen molar-refractivity contribution in [1.82, 2.24) is 52.3 Å². The first kappa shape index (κ1) is 58.8. The van der Waals surface area contributed by atoms with Crippen LogP contribution < -0.4 is 42.5 Å². The Balaban J connectivity index is 1.06. The van der Waals surface area contributed by atoms with Gasteiger partial charge in [-0.25, -0.2) is 8.78 Å². The first-order valence-corrected chi connectivity index (χ1v) is 26.9. The van der Waals surface area contributed by atoms with Gasteiger partial charge in [0.2, 0.25) is 35.4 Å². The van der Waals surface area contributed by atoms with Crippen molar-refractivity contribution in [3.05, 3.63) is 107 Å². The number of nitrogens with one attached hydrogen (secondary N) is 8. The summed E-state index contributed by atoms with van der Waals surface area (Å²) in [6.07, 6.45) is 2.05. The average Bonchev–Trinajstić information content (AvgIpc) is 4.13. The minimum Gasteiger partial charge on any atom is -0.381 e. The fourth-order valence-corrected chi connectivity index (χ4v) is 10.5. The van der Waals surface area contributed by atoms with E-state index >= 15 is 0 Å². The van der Waals surface area contributed by atoms with Gasteiger partial charge in [-0.15, -0.1) is 0 Å². The van der Waals surface area contributed by atoms with Gasteiger partial charge in [0.15, 0.2) is 0 Å². The van der Waals surface area contributed by atoms with Crippen molar-refractivity contribution in [2.75, 3.05) is 53.6 Å². The van der Waals surface area contributed by atoms with Crippen molar-refractivity contribution >= 4 is 47.3 Å². The maximum atomic E-state index is 14.7. The molecule has 422 valence electrons. The predicted octanol–water partition coefficient (Wildman–Crippen LogP) is 2.16. The number of carbonyl (C=O) groups excluding carboxylic acids is 8.